The largest absolute Gasteiger partial charge is 0.496 e. The summed E-state index contributed by atoms with van der Waals surface area (Å²) in [4.78, 5) is 36.4. The second-order valence-electron chi connectivity index (χ2n) is 7.16. The first kappa shape index (κ1) is 18.1. The van der Waals surface area contributed by atoms with Crippen molar-refractivity contribution in [3.8, 4) is 17.1 Å². The Morgan fingerprint density at radius 2 is 2.00 bits per heavy atom. The average Bonchev–Trinajstić information content (AvgIpc) is 3.40. The monoisotopic (exact) mass is 401 g/mol. The SMILES string of the molecule is COc1ccccc1CC(=O)N1Cc2nc3cc(-c4ccccn4)[nH]n3c(=O)c2C1. The Hall–Kier alpha value is -3.94. The Kier molecular flexibility index (Phi) is 4.31. The van der Waals surface area contributed by atoms with Crippen molar-refractivity contribution in [1.82, 2.24) is 24.5 Å². The Morgan fingerprint density at radius 1 is 1.17 bits per heavy atom. The van der Waals surface area contributed by atoms with E-state index in [0.29, 0.717) is 34.9 Å². The summed E-state index contributed by atoms with van der Waals surface area (Å²) >= 11 is 0. The molecule has 0 fully saturated rings. The molecule has 0 unspecified atom stereocenters. The number of pyridine rings is 1. The van der Waals surface area contributed by atoms with Crippen LogP contribution in [0.5, 0.6) is 5.75 Å². The van der Waals surface area contributed by atoms with Crippen LogP contribution in [0.25, 0.3) is 17.0 Å². The molecule has 1 aliphatic rings. The summed E-state index contributed by atoms with van der Waals surface area (Å²) in [7, 11) is 1.58. The topological polar surface area (TPSA) is 92.6 Å². The molecule has 0 radical (unpaired) electrons. The van der Waals surface area contributed by atoms with E-state index in [1.165, 1.54) is 4.52 Å². The normalized spacial score (nSPS) is 12.9. The van der Waals surface area contributed by atoms with Crippen molar-refractivity contribution in [2.24, 2.45) is 0 Å². The second-order valence-corrected chi connectivity index (χ2v) is 7.16. The Morgan fingerprint density at radius 3 is 2.80 bits per heavy atom. The summed E-state index contributed by atoms with van der Waals surface area (Å²) in [6.07, 6.45) is 1.91. The first-order valence-electron chi connectivity index (χ1n) is 9.58. The van der Waals surface area contributed by atoms with E-state index in [1.807, 2.05) is 42.5 Å². The Balaban J connectivity index is 1.42. The minimum absolute atomic E-state index is 0.0697. The van der Waals surface area contributed by atoms with Gasteiger partial charge in [-0.25, -0.2) is 9.50 Å². The van der Waals surface area contributed by atoms with E-state index >= 15 is 0 Å². The smallest absolute Gasteiger partial charge is 0.278 e. The van der Waals surface area contributed by atoms with Gasteiger partial charge in [0.2, 0.25) is 5.91 Å². The van der Waals surface area contributed by atoms with Gasteiger partial charge in [0.15, 0.2) is 5.65 Å². The standard InChI is InChI=1S/C22H19N5O3/c1-30-19-8-3-2-6-14(19)10-21(28)26-12-15-18(13-26)24-20-11-17(25-27(20)22(15)29)16-7-4-5-9-23-16/h2-9,11,25H,10,12-13H2,1H3. The minimum Gasteiger partial charge on any atom is -0.496 e. The van der Waals surface area contributed by atoms with Crippen molar-refractivity contribution < 1.29 is 9.53 Å². The van der Waals surface area contributed by atoms with Crippen molar-refractivity contribution in [3.63, 3.8) is 0 Å². The number of amides is 1. The first-order chi connectivity index (χ1) is 14.6. The predicted molar refractivity (Wildman–Crippen MR) is 110 cm³/mol. The van der Waals surface area contributed by atoms with E-state index in [4.69, 9.17) is 4.74 Å². The number of carbonyl (C=O) groups excluding carboxylic acids is 1. The maximum Gasteiger partial charge on any atom is 0.278 e. The van der Waals surface area contributed by atoms with Crippen LogP contribution in [-0.4, -0.2) is 37.5 Å². The predicted octanol–water partition coefficient (Wildman–Crippen LogP) is 2.18. The van der Waals surface area contributed by atoms with Crippen molar-refractivity contribution in [2.75, 3.05) is 7.11 Å². The summed E-state index contributed by atoms with van der Waals surface area (Å²) in [6, 6.07) is 14.8. The van der Waals surface area contributed by atoms with Crippen molar-refractivity contribution in [1.29, 1.82) is 0 Å². The molecule has 5 rings (SSSR count). The lowest BCUT2D eigenvalue weighted by atomic mass is 10.1. The summed E-state index contributed by atoms with van der Waals surface area (Å²) < 4.78 is 6.75. The number of para-hydroxylation sites is 1. The summed E-state index contributed by atoms with van der Waals surface area (Å²) in [5.41, 5.74) is 3.76. The van der Waals surface area contributed by atoms with Crippen molar-refractivity contribution >= 4 is 11.6 Å². The molecule has 0 saturated carbocycles. The van der Waals surface area contributed by atoms with Crippen molar-refractivity contribution in [3.05, 3.63) is 81.9 Å². The molecule has 30 heavy (non-hydrogen) atoms. The summed E-state index contributed by atoms with van der Waals surface area (Å²) in [6.45, 7) is 0.565. The van der Waals surface area contributed by atoms with E-state index in [9.17, 15) is 9.59 Å². The Bertz CT molecular complexity index is 1310. The molecule has 8 nitrogen and oxygen atoms in total. The van der Waals surface area contributed by atoms with Gasteiger partial charge in [-0.1, -0.05) is 24.3 Å². The second kappa shape index (κ2) is 7.14. The third kappa shape index (κ3) is 3.02. The molecule has 1 N–H and O–H groups in total. The fourth-order valence-corrected chi connectivity index (χ4v) is 3.78. The van der Waals surface area contributed by atoms with Gasteiger partial charge in [0.1, 0.15) is 5.75 Å². The number of hydrogen-bond acceptors (Lipinski definition) is 5. The fraction of sp³-hybridized carbons (Fsp3) is 0.182. The third-order valence-corrected chi connectivity index (χ3v) is 5.31. The molecule has 1 aliphatic heterocycles. The zero-order valence-electron chi connectivity index (χ0n) is 16.3. The van der Waals surface area contributed by atoms with Crippen LogP contribution in [0.2, 0.25) is 0 Å². The number of hydrogen-bond donors (Lipinski definition) is 1. The van der Waals surface area contributed by atoms with E-state index in [-0.39, 0.29) is 24.4 Å². The number of nitrogens with one attached hydrogen (secondary N) is 1. The Labute approximate surface area is 171 Å². The number of carbonyl (C=O) groups is 1. The highest BCUT2D eigenvalue weighted by Crippen LogP contribution is 2.24. The van der Waals surface area contributed by atoms with Gasteiger partial charge in [-0.05, 0) is 18.2 Å². The molecule has 0 atom stereocenters. The quantitative estimate of drug-likeness (QED) is 0.566. The number of methoxy groups -OCH3 is 1. The van der Waals surface area contributed by atoms with E-state index in [1.54, 1.807) is 24.3 Å². The fourth-order valence-electron chi connectivity index (χ4n) is 3.78. The highest BCUT2D eigenvalue weighted by Gasteiger charge is 2.29. The lowest BCUT2D eigenvalue weighted by Crippen LogP contribution is -2.28. The van der Waals surface area contributed by atoms with Gasteiger partial charge in [0.05, 0.1) is 49.3 Å². The van der Waals surface area contributed by atoms with Gasteiger partial charge in [-0.15, -0.1) is 0 Å². The number of fused-ring (bicyclic) bond motifs is 2. The van der Waals surface area contributed by atoms with E-state index < -0.39 is 0 Å². The number of aromatic amines is 1. The molecule has 8 heteroatoms. The number of nitrogens with zero attached hydrogens (tertiary/aromatic N) is 4. The molecule has 0 aliphatic carbocycles. The third-order valence-electron chi connectivity index (χ3n) is 5.31. The molecule has 3 aromatic heterocycles. The van der Waals surface area contributed by atoms with Crippen LogP contribution >= 0.6 is 0 Å². The zero-order chi connectivity index (χ0) is 20.7. The molecular weight excluding hydrogens is 382 g/mol. The van der Waals surface area contributed by atoms with Crippen LogP contribution in [0.3, 0.4) is 0 Å². The van der Waals surface area contributed by atoms with Crippen LogP contribution < -0.4 is 10.3 Å². The van der Waals surface area contributed by atoms with Gasteiger partial charge in [-0.2, -0.15) is 0 Å². The number of ether oxygens (including phenoxy) is 1. The summed E-state index contributed by atoms with van der Waals surface area (Å²) in [5.74, 6) is 0.607. The van der Waals surface area contributed by atoms with Crippen LogP contribution in [0.4, 0.5) is 0 Å². The molecule has 150 valence electrons. The van der Waals surface area contributed by atoms with Gasteiger partial charge in [-0.3, -0.25) is 19.7 Å². The van der Waals surface area contributed by atoms with Crippen molar-refractivity contribution in [2.45, 2.75) is 19.5 Å². The van der Waals surface area contributed by atoms with Gasteiger partial charge in [0.25, 0.3) is 5.56 Å². The molecule has 1 amide bonds. The lowest BCUT2D eigenvalue weighted by molar-refractivity contribution is -0.131. The molecule has 0 bridgehead atoms. The van der Waals surface area contributed by atoms with Gasteiger partial charge < -0.3 is 9.64 Å². The van der Waals surface area contributed by atoms with E-state index in [0.717, 1.165) is 11.3 Å². The van der Waals surface area contributed by atoms with E-state index in [2.05, 4.69) is 15.1 Å². The molecule has 4 aromatic rings. The number of rotatable bonds is 4. The molecule has 0 saturated heterocycles. The zero-order valence-corrected chi connectivity index (χ0v) is 16.3. The number of aromatic nitrogens is 4. The summed E-state index contributed by atoms with van der Waals surface area (Å²) in [5, 5.41) is 3.07. The van der Waals surface area contributed by atoms with Crippen LogP contribution in [0.15, 0.2) is 59.5 Å². The van der Waals surface area contributed by atoms with Gasteiger partial charge in [0, 0.05) is 17.8 Å². The first-order valence-corrected chi connectivity index (χ1v) is 9.58. The van der Waals surface area contributed by atoms with Crippen LogP contribution in [0, 0.1) is 0 Å². The van der Waals surface area contributed by atoms with Crippen LogP contribution in [-0.2, 0) is 24.3 Å². The number of H-pyrrole nitrogens is 1. The minimum atomic E-state index is -0.190. The van der Waals surface area contributed by atoms with Gasteiger partial charge >= 0.3 is 0 Å². The lowest BCUT2D eigenvalue weighted by Gasteiger charge is -2.16. The molecule has 0 spiro atoms. The average molecular weight is 401 g/mol. The number of benzene rings is 1. The molecule has 4 heterocycles. The maximum atomic E-state index is 13.0. The maximum absolute atomic E-state index is 13.0. The highest BCUT2D eigenvalue weighted by molar-refractivity contribution is 5.80. The van der Waals surface area contributed by atoms with Crippen LogP contribution in [0.1, 0.15) is 16.8 Å². The molecule has 1 aromatic carbocycles. The molecular formula is C22H19N5O3. The highest BCUT2D eigenvalue weighted by atomic mass is 16.5.